The predicted octanol–water partition coefficient (Wildman–Crippen LogP) is 6.40. The molecule has 1 atom stereocenters. The van der Waals surface area contributed by atoms with Crippen LogP contribution in [0.4, 0.5) is 17.1 Å². The number of nitrogens with one attached hydrogen (secondary N) is 3. The Kier molecular flexibility index (Phi) is 11.3. The van der Waals surface area contributed by atoms with Crippen molar-refractivity contribution in [2.75, 3.05) is 16.0 Å². The molecule has 0 aliphatic rings. The van der Waals surface area contributed by atoms with Crippen molar-refractivity contribution in [3.8, 4) is 17.6 Å². The number of benzene rings is 4. The molecule has 11 heteroatoms. The summed E-state index contributed by atoms with van der Waals surface area (Å²) in [4.78, 5) is 63.1. The highest BCUT2D eigenvalue weighted by molar-refractivity contribution is 6.09. The minimum Gasteiger partial charge on any atom is -0.507 e. The second-order valence-corrected chi connectivity index (χ2v) is 11.8. The molecule has 5 N–H and O–H groups in total. The summed E-state index contributed by atoms with van der Waals surface area (Å²) in [5, 5.41) is 38.3. The topological polar surface area (TPSA) is 186 Å². The lowest BCUT2D eigenvalue weighted by Gasteiger charge is -2.15. The van der Waals surface area contributed by atoms with Crippen molar-refractivity contribution in [2.45, 2.75) is 47.0 Å². The third-order valence-corrected chi connectivity index (χ3v) is 8.09. The number of aromatic hydroxyl groups is 2. The van der Waals surface area contributed by atoms with Gasteiger partial charge in [0.2, 0.25) is 5.91 Å². The quantitative estimate of drug-likeness (QED) is 0.108. The second kappa shape index (κ2) is 15.5. The Hall–Kier alpha value is -6.28. The highest BCUT2D eigenvalue weighted by Gasteiger charge is 2.23. The van der Waals surface area contributed by atoms with Crippen LogP contribution in [0.5, 0.6) is 11.5 Å². The lowest BCUT2D eigenvalue weighted by atomic mass is 9.94. The van der Waals surface area contributed by atoms with Gasteiger partial charge in [-0.05, 0) is 81.3 Å². The molecule has 4 aromatic carbocycles. The van der Waals surface area contributed by atoms with Gasteiger partial charge in [-0.2, -0.15) is 5.26 Å². The van der Waals surface area contributed by atoms with E-state index in [1.54, 1.807) is 57.2 Å². The minimum absolute atomic E-state index is 0.000204. The smallest absolute Gasteiger partial charge is 0.259 e. The molecule has 250 valence electrons. The molecule has 0 heterocycles. The molecule has 0 aromatic heterocycles. The first-order valence-electron chi connectivity index (χ1n) is 15.4. The van der Waals surface area contributed by atoms with Crippen LogP contribution >= 0.6 is 0 Å². The molecule has 0 aliphatic heterocycles. The second-order valence-electron chi connectivity index (χ2n) is 11.8. The number of ketones is 2. The summed E-state index contributed by atoms with van der Waals surface area (Å²) in [6.45, 7) is 6.44. The lowest BCUT2D eigenvalue weighted by Crippen LogP contribution is -2.25. The van der Waals surface area contributed by atoms with Crippen LogP contribution in [-0.4, -0.2) is 39.5 Å². The number of phenols is 2. The Morgan fingerprint density at radius 2 is 1.29 bits per heavy atom. The van der Waals surface area contributed by atoms with Crippen molar-refractivity contribution in [3.63, 3.8) is 0 Å². The van der Waals surface area contributed by atoms with Crippen LogP contribution in [0.2, 0.25) is 0 Å². The number of anilines is 3. The molecule has 3 amide bonds. The molecule has 0 saturated carbocycles. The van der Waals surface area contributed by atoms with Crippen molar-refractivity contribution >= 4 is 46.4 Å². The van der Waals surface area contributed by atoms with Crippen molar-refractivity contribution in [3.05, 3.63) is 112 Å². The van der Waals surface area contributed by atoms with Crippen LogP contribution < -0.4 is 16.0 Å². The zero-order valence-corrected chi connectivity index (χ0v) is 27.5. The average molecular weight is 661 g/mol. The van der Waals surface area contributed by atoms with Gasteiger partial charge in [0.15, 0.2) is 5.78 Å². The van der Waals surface area contributed by atoms with E-state index in [0.717, 1.165) is 5.56 Å². The average Bonchev–Trinajstić information content (AvgIpc) is 3.07. The summed E-state index contributed by atoms with van der Waals surface area (Å²) < 4.78 is 0. The molecule has 0 bridgehead atoms. The van der Waals surface area contributed by atoms with Crippen LogP contribution in [-0.2, 0) is 16.0 Å². The van der Waals surface area contributed by atoms with E-state index in [1.165, 1.54) is 43.3 Å². The zero-order chi connectivity index (χ0) is 35.8. The summed E-state index contributed by atoms with van der Waals surface area (Å²) in [5.74, 6) is -3.11. The van der Waals surface area contributed by atoms with E-state index < -0.39 is 23.6 Å². The van der Waals surface area contributed by atoms with Gasteiger partial charge in [-0.15, -0.1) is 0 Å². The monoisotopic (exact) mass is 660 g/mol. The van der Waals surface area contributed by atoms with Gasteiger partial charge >= 0.3 is 0 Å². The number of aryl methyl sites for hydroxylation is 1. The number of nitrogens with zero attached hydrogens (tertiary/aromatic N) is 1. The molecular formula is C38H36N4O7. The fourth-order valence-electron chi connectivity index (χ4n) is 5.13. The Morgan fingerprint density at radius 1 is 0.714 bits per heavy atom. The third kappa shape index (κ3) is 8.75. The van der Waals surface area contributed by atoms with E-state index >= 15 is 0 Å². The van der Waals surface area contributed by atoms with E-state index in [4.69, 9.17) is 0 Å². The van der Waals surface area contributed by atoms with Crippen molar-refractivity contribution in [1.29, 1.82) is 5.26 Å². The minimum atomic E-state index is -0.911. The Labute approximate surface area is 283 Å². The van der Waals surface area contributed by atoms with Crippen LogP contribution in [0.15, 0.2) is 72.8 Å². The van der Waals surface area contributed by atoms with E-state index in [9.17, 15) is 39.4 Å². The molecule has 0 spiro atoms. The van der Waals surface area contributed by atoms with Crippen LogP contribution in [0, 0.1) is 38.0 Å². The highest BCUT2D eigenvalue weighted by atomic mass is 16.3. The number of hydrogen-bond donors (Lipinski definition) is 5. The highest BCUT2D eigenvalue weighted by Crippen LogP contribution is 2.32. The number of rotatable bonds is 12. The van der Waals surface area contributed by atoms with Crippen LogP contribution in [0.25, 0.3) is 0 Å². The Morgan fingerprint density at radius 3 is 1.90 bits per heavy atom. The maximum atomic E-state index is 13.0. The Bertz CT molecular complexity index is 1980. The van der Waals surface area contributed by atoms with Gasteiger partial charge in [0, 0.05) is 58.6 Å². The number of amides is 3. The molecule has 49 heavy (non-hydrogen) atoms. The molecule has 0 aliphatic carbocycles. The normalized spacial score (nSPS) is 11.2. The van der Waals surface area contributed by atoms with E-state index in [0.29, 0.717) is 28.1 Å². The number of nitriles is 1. The first-order chi connectivity index (χ1) is 23.3. The standard InChI is InChI=1S/C38H36N4O7/c1-21-5-15-31(23(3)34(21)45)42-38(49)30-14-16-32(24(4)35(30)46)41-36(47)27-10-12-29(13-11-27)40-37(48)28(17-18-39)20-33(44)26-8-6-25(7-9-26)19-22(2)43/h5-16,28,45-46H,17,19-20H2,1-4H3,(H,40,48)(H,41,47)(H,42,49). The molecule has 4 rings (SSSR count). The van der Waals surface area contributed by atoms with Crippen molar-refractivity contribution in [2.24, 2.45) is 5.92 Å². The molecule has 0 saturated heterocycles. The molecule has 0 radical (unpaired) electrons. The maximum Gasteiger partial charge on any atom is 0.259 e. The number of carbonyl (C=O) groups excluding carboxylic acids is 5. The van der Waals surface area contributed by atoms with E-state index in [-0.39, 0.29) is 64.7 Å². The SMILES string of the molecule is CC(=O)Cc1ccc(C(=O)CC(CC#N)C(=O)Nc2ccc(C(=O)Nc3ccc(C(=O)Nc4ccc(C)c(O)c4C)c(O)c3C)cc2)cc1. The predicted molar refractivity (Wildman–Crippen MR) is 185 cm³/mol. The summed E-state index contributed by atoms with van der Waals surface area (Å²) in [6, 6.07) is 20.7. The largest absolute Gasteiger partial charge is 0.507 e. The molecule has 11 nitrogen and oxygen atoms in total. The maximum absolute atomic E-state index is 13.0. The van der Waals surface area contributed by atoms with Gasteiger partial charge in [-0.3, -0.25) is 24.0 Å². The first-order valence-corrected chi connectivity index (χ1v) is 15.4. The number of carbonyl (C=O) groups is 5. The van der Waals surface area contributed by atoms with Gasteiger partial charge < -0.3 is 26.2 Å². The molecule has 0 fully saturated rings. The van der Waals surface area contributed by atoms with Crippen molar-refractivity contribution < 1.29 is 34.2 Å². The van der Waals surface area contributed by atoms with Crippen LogP contribution in [0.3, 0.4) is 0 Å². The molecule has 1 unspecified atom stereocenters. The molecule has 4 aromatic rings. The van der Waals surface area contributed by atoms with Gasteiger partial charge in [-0.25, -0.2) is 0 Å². The summed E-state index contributed by atoms with van der Waals surface area (Å²) in [7, 11) is 0. The number of Topliss-reactive ketones (excluding diaryl/α,β-unsaturated/α-hetero) is 2. The fraction of sp³-hybridized carbons (Fsp3) is 0.211. The van der Waals surface area contributed by atoms with Crippen LogP contribution in [0.1, 0.15) is 73.1 Å². The third-order valence-electron chi connectivity index (χ3n) is 8.09. The summed E-state index contributed by atoms with van der Waals surface area (Å²) >= 11 is 0. The van der Waals surface area contributed by atoms with Gasteiger partial charge in [-0.1, -0.05) is 30.3 Å². The van der Waals surface area contributed by atoms with E-state index in [1.807, 2.05) is 6.07 Å². The van der Waals surface area contributed by atoms with Gasteiger partial charge in [0.1, 0.15) is 17.3 Å². The zero-order valence-electron chi connectivity index (χ0n) is 27.5. The molecular weight excluding hydrogens is 624 g/mol. The lowest BCUT2D eigenvalue weighted by molar-refractivity contribution is -0.119. The number of hydrogen-bond acceptors (Lipinski definition) is 8. The van der Waals surface area contributed by atoms with Crippen molar-refractivity contribution in [1.82, 2.24) is 0 Å². The Balaban J connectivity index is 1.38. The van der Waals surface area contributed by atoms with Gasteiger partial charge in [0.05, 0.1) is 17.6 Å². The fourth-order valence-corrected chi connectivity index (χ4v) is 5.13. The van der Waals surface area contributed by atoms with Gasteiger partial charge in [0.25, 0.3) is 11.8 Å². The summed E-state index contributed by atoms with van der Waals surface area (Å²) in [5.41, 5.74) is 3.80. The number of phenolic OH excluding ortho intramolecular Hbond substituents is 2. The first kappa shape index (κ1) is 35.6. The summed E-state index contributed by atoms with van der Waals surface area (Å²) in [6.07, 6.45) is -0.107. The van der Waals surface area contributed by atoms with E-state index in [2.05, 4.69) is 16.0 Å².